The van der Waals surface area contributed by atoms with Crippen LogP contribution in [0.1, 0.15) is 5.56 Å². The molecule has 2 heterocycles. The summed E-state index contributed by atoms with van der Waals surface area (Å²) < 4.78 is 11.7. The Balaban J connectivity index is 1.55. The Hall–Kier alpha value is -3.34. The lowest BCUT2D eigenvalue weighted by atomic mass is 10.2. The first kappa shape index (κ1) is 22.8. The van der Waals surface area contributed by atoms with Gasteiger partial charge >= 0.3 is 0 Å². The molecular weight excluding hydrogens is 444 g/mol. The smallest absolute Gasteiger partial charge is 0.269 e. The van der Waals surface area contributed by atoms with E-state index in [9.17, 15) is 14.9 Å². The number of nitro groups is 1. The number of non-ortho nitro benzene ring substituents is 1. The molecule has 9 nitrogen and oxygen atoms in total. The highest BCUT2D eigenvalue weighted by Crippen LogP contribution is 2.31. The van der Waals surface area contributed by atoms with E-state index >= 15 is 0 Å². The number of methoxy groups -OCH3 is 1. The molecule has 0 spiro atoms. The zero-order valence-electron chi connectivity index (χ0n) is 18.2. The molecule has 1 fully saturated rings. The van der Waals surface area contributed by atoms with Gasteiger partial charge in [0.25, 0.3) is 11.6 Å². The number of carbonyl (C=O) groups excluding carboxylic acids is 1. The van der Waals surface area contributed by atoms with Crippen molar-refractivity contribution in [3.05, 3.63) is 64.2 Å². The number of anilines is 1. The zero-order valence-corrected chi connectivity index (χ0v) is 19.0. The number of nitrogens with zero attached hydrogens (tertiary/aromatic N) is 4. The number of aromatic nitrogens is 1. The number of carbonyl (C=O) groups is 1. The molecule has 1 saturated heterocycles. The minimum atomic E-state index is -0.450. The van der Waals surface area contributed by atoms with Gasteiger partial charge in [-0.05, 0) is 35.9 Å². The van der Waals surface area contributed by atoms with Gasteiger partial charge in [0.05, 0.1) is 35.5 Å². The van der Waals surface area contributed by atoms with Crippen molar-refractivity contribution < 1.29 is 19.2 Å². The van der Waals surface area contributed by atoms with Crippen molar-refractivity contribution in [3.63, 3.8) is 0 Å². The molecule has 10 heteroatoms. The standard InChI is InChI=1S/C23H24N4O5S/c1-31-19-7-8-21-20(16-19)24-23(33-21)26(11-10-25-12-14-32-15-13-25)22(28)9-4-17-2-5-18(6-3-17)27(29)30/h2-9,16H,10-15H2,1H3/b9-4+. The number of thiazole rings is 1. The second-order valence-corrected chi connectivity index (χ2v) is 8.47. The van der Waals surface area contributed by atoms with Crippen LogP contribution in [-0.2, 0) is 9.53 Å². The van der Waals surface area contributed by atoms with Crippen LogP contribution in [0.4, 0.5) is 10.8 Å². The van der Waals surface area contributed by atoms with Crippen LogP contribution in [0, 0.1) is 10.1 Å². The van der Waals surface area contributed by atoms with E-state index in [0.29, 0.717) is 42.7 Å². The molecular formula is C23H24N4O5S. The lowest BCUT2D eigenvalue weighted by molar-refractivity contribution is -0.384. The lowest BCUT2D eigenvalue weighted by Gasteiger charge is -2.28. The molecule has 1 aliphatic heterocycles. The molecule has 0 aliphatic carbocycles. The number of nitro benzene ring substituents is 1. The average molecular weight is 469 g/mol. The van der Waals surface area contributed by atoms with Crippen LogP contribution in [0.25, 0.3) is 16.3 Å². The number of amides is 1. The van der Waals surface area contributed by atoms with Gasteiger partial charge in [-0.1, -0.05) is 11.3 Å². The second kappa shape index (κ2) is 10.5. The number of fused-ring (bicyclic) bond motifs is 1. The highest BCUT2D eigenvalue weighted by Gasteiger charge is 2.20. The van der Waals surface area contributed by atoms with Crippen LogP contribution in [-0.4, -0.2) is 67.2 Å². The number of morpholine rings is 1. The maximum atomic E-state index is 13.2. The van der Waals surface area contributed by atoms with Crippen molar-refractivity contribution in [2.24, 2.45) is 0 Å². The van der Waals surface area contributed by atoms with Crippen LogP contribution >= 0.6 is 11.3 Å². The summed E-state index contributed by atoms with van der Waals surface area (Å²) in [5.41, 5.74) is 1.49. The summed E-state index contributed by atoms with van der Waals surface area (Å²) in [7, 11) is 1.61. The fraction of sp³-hybridized carbons (Fsp3) is 0.304. The molecule has 0 saturated carbocycles. The van der Waals surface area contributed by atoms with Gasteiger partial charge in [-0.15, -0.1) is 0 Å². The summed E-state index contributed by atoms with van der Waals surface area (Å²) in [6.45, 7) is 4.24. The molecule has 172 valence electrons. The van der Waals surface area contributed by atoms with E-state index in [0.717, 1.165) is 23.3 Å². The number of ether oxygens (including phenoxy) is 2. The minimum Gasteiger partial charge on any atom is -0.497 e. The molecule has 1 amide bonds. The van der Waals surface area contributed by atoms with Crippen LogP contribution in [0.5, 0.6) is 5.75 Å². The van der Waals surface area contributed by atoms with Crippen LogP contribution in [0.2, 0.25) is 0 Å². The Morgan fingerprint density at radius 2 is 2.03 bits per heavy atom. The second-order valence-electron chi connectivity index (χ2n) is 7.46. The third kappa shape index (κ3) is 5.72. The Morgan fingerprint density at radius 1 is 1.27 bits per heavy atom. The largest absolute Gasteiger partial charge is 0.497 e. The van der Waals surface area contributed by atoms with Crippen molar-refractivity contribution in [3.8, 4) is 5.75 Å². The quantitative estimate of drug-likeness (QED) is 0.283. The Kier molecular flexibility index (Phi) is 7.28. The van der Waals surface area contributed by atoms with Gasteiger partial charge in [-0.25, -0.2) is 4.98 Å². The topological polar surface area (TPSA) is 98.0 Å². The molecule has 2 aromatic carbocycles. The Morgan fingerprint density at radius 3 is 2.73 bits per heavy atom. The van der Waals surface area contributed by atoms with Gasteiger partial charge in [0.15, 0.2) is 5.13 Å². The minimum absolute atomic E-state index is 0.00974. The summed E-state index contributed by atoms with van der Waals surface area (Å²) in [6, 6.07) is 11.7. The van der Waals surface area contributed by atoms with E-state index in [-0.39, 0.29) is 11.6 Å². The maximum absolute atomic E-state index is 13.2. The van der Waals surface area contributed by atoms with Gasteiger partial charge in [0.2, 0.25) is 0 Å². The highest BCUT2D eigenvalue weighted by atomic mass is 32.1. The van der Waals surface area contributed by atoms with Gasteiger partial charge < -0.3 is 9.47 Å². The van der Waals surface area contributed by atoms with Crippen LogP contribution in [0.3, 0.4) is 0 Å². The van der Waals surface area contributed by atoms with E-state index in [4.69, 9.17) is 9.47 Å². The molecule has 0 N–H and O–H groups in total. The third-order valence-corrected chi connectivity index (χ3v) is 6.41. The molecule has 33 heavy (non-hydrogen) atoms. The SMILES string of the molecule is COc1ccc2sc(N(CCN3CCOCC3)C(=O)/C=C/c3ccc([N+](=O)[O-])cc3)nc2c1. The summed E-state index contributed by atoms with van der Waals surface area (Å²) in [5.74, 6) is 0.510. The summed E-state index contributed by atoms with van der Waals surface area (Å²) in [5, 5.41) is 11.5. The van der Waals surface area contributed by atoms with Gasteiger partial charge in [0.1, 0.15) is 5.75 Å². The number of hydrogen-bond donors (Lipinski definition) is 0. The Labute approximate surface area is 195 Å². The molecule has 3 aromatic rings. The van der Waals surface area contributed by atoms with Crippen molar-refractivity contribution in [1.82, 2.24) is 9.88 Å². The maximum Gasteiger partial charge on any atom is 0.269 e. The van der Waals surface area contributed by atoms with E-state index in [1.807, 2.05) is 18.2 Å². The highest BCUT2D eigenvalue weighted by molar-refractivity contribution is 7.22. The molecule has 0 bridgehead atoms. The fourth-order valence-electron chi connectivity index (χ4n) is 3.47. The number of rotatable bonds is 8. The zero-order chi connectivity index (χ0) is 23.2. The van der Waals surface area contributed by atoms with Crippen molar-refractivity contribution in [2.75, 3.05) is 51.4 Å². The van der Waals surface area contributed by atoms with Crippen molar-refractivity contribution >= 4 is 44.4 Å². The average Bonchev–Trinajstić information content (AvgIpc) is 3.26. The van der Waals surface area contributed by atoms with Crippen LogP contribution < -0.4 is 9.64 Å². The molecule has 0 radical (unpaired) electrons. The number of hydrogen-bond acceptors (Lipinski definition) is 8. The normalized spacial score (nSPS) is 14.6. The Bertz CT molecular complexity index is 1160. The monoisotopic (exact) mass is 468 g/mol. The third-order valence-electron chi connectivity index (χ3n) is 5.35. The van der Waals surface area contributed by atoms with Crippen molar-refractivity contribution in [2.45, 2.75) is 0 Å². The van der Waals surface area contributed by atoms with Gasteiger partial charge in [-0.3, -0.25) is 24.7 Å². The van der Waals surface area contributed by atoms with E-state index in [1.165, 1.54) is 29.5 Å². The van der Waals surface area contributed by atoms with Gasteiger partial charge in [0, 0.05) is 50.5 Å². The van der Waals surface area contributed by atoms with E-state index < -0.39 is 4.92 Å². The van der Waals surface area contributed by atoms with Crippen molar-refractivity contribution in [1.29, 1.82) is 0 Å². The fourth-order valence-corrected chi connectivity index (χ4v) is 4.45. The molecule has 4 rings (SSSR count). The van der Waals surface area contributed by atoms with E-state index in [1.54, 1.807) is 30.2 Å². The van der Waals surface area contributed by atoms with E-state index in [2.05, 4.69) is 9.88 Å². The first-order chi connectivity index (χ1) is 16.0. The number of benzene rings is 2. The molecule has 1 aromatic heterocycles. The van der Waals surface area contributed by atoms with Crippen LogP contribution in [0.15, 0.2) is 48.5 Å². The summed E-state index contributed by atoms with van der Waals surface area (Å²) in [4.78, 5) is 32.2. The van der Waals surface area contributed by atoms with Gasteiger partial charge in [-0.2, -0.15) is 0 Å². The first-order valence-electron chi connectivity index (χ1n) is 10.5. The predicted octanol–water partition coefficient (Wildman–Crippen LogP) is 3.59. The molecule has 0 unspecified atom stereocenters. The summed E-state index contributed by atoms with van der Waals surface area (Å²) >= 11 is 1.45. The predicted molar refractivity (Wildman–Crippen MR) is 128 cm³/mol. The molecule has 1 aliphatic rings. The summed E-state index contributed by atoms with van der Waals surface area (Å²) in [6.07, 6.45) is 3.14. The lowest BCUT2D eigenvalue weighted by Crippen LogP contribution is -2.42. The molecule has 0 atom stereocenters. The first-order valence-corrected chi connectivity index (χ1v) is 11.3.